The van der Waals surface area contributed by atoms with Crippen molar-refractivity contribution in [3.8, 4) is 0 Å². The summed E-state index contributed by atoms with van der Waals surface area (Å²) in [4.78, 5) is 0.372. The molecule has 4 nitrogen and oxygen atoms in total. The van der Waals surface area contributed by atoms with Crippen molar-refractivity contribution >= 4 is 21.0 Å². The van der Waals surface area contributed by atoms with Gasteiger partial charge in [0.1, 0.15) is 11.3 Å². The Balaban J connectivity index is 1.50. The number of aryl methyl sites for hydroxylation is 1. The summed E-state index contributed by atoms with van der Waals surface area (Å²) in [5.41, 5.74) is 1.74. The van der Waals surface area contributed by atoms with Crippen LogP contribution in [0.5, 0.6) is 0 Å². The minimum absolute atomic E-state index is 0.184. The quantitative estimate of drug-likeness (QED) is 0.704. The number of piperidine rings is 1. The Hall–Kier alpha value is -2.11. The fourth-order valence-electron chi connectivity index (χ4n) is 4.62. The number of fused-ring (bicyclic) bond motifs is 2. The molecule has 1 aliphatic heterocycles. The summed E-state index contributed by atoms with van der Waals surface area (Å²) in [5, 5.41) is 1.08. The fourth-order valence-corrected chi connectivity index (χ4v) is 6.14. The SMILES string of the molecule is Cc1ccc(S(=O)(=O)N2C[C@@H]3C(C)C3(c3cc4ccccc4o3)C2)cc1. The van der Waals surface area contributed by atoms with Gasteiger partial charge in [-0.1, -0.05) is 42.8 Å². The minimum Gasteiger partial charge on any atom is -0.460 e. The van der Waals surface area contributed by atoms with E-state index in [0.29, 0.717) is 29.8 Å². The highest BCUT2D eigenvalue weighted by Crippen LogP contribution is 2.65. The number of furan rings is 1. The van der Waals surface area contributed by atoms with E-state index in [4.69, 9.17) is 4.42 Å². The van der Waals surface area contributed by atoms with Crippen molar-refractivity contribution in [2.75, 3.05) is 13.1 Å². The van der Waals surface area contributed by atoms with Gasteiger partial charge >= 0.3 is 0 Å². The van der Waals surface area contributed by atoms with Crippen molar-refractivity contribution in [3.05, 3.63) is 65.9 Å². The average Bonchev–Trinajstić information content (AvgIpc) is 3.03. The minimum atomic E-state index is -3.47. The van der Waals surface area contributed by atoms with Crippen molar-refractivity contribution in [2.45, 2.75) is 24.2 Å². The van der Waals surface area contributed by atoms with Crippen LogP contribution in [0.1, 0.15) is 18.2 Å². The second kappa shape index (κ2) is 5.21. The normalized spacial score (nSPS) is 28.4. The largest absolute Gasteiger partial charge is 0.460 e. The summed E-state index contributed by atoms with van der Waals surface area (Å²) < 4.78 is 33.9. The van der Waals surface area contributed by atoms with Crippen LogP contribution in [0.3, 0.4) is 0 Å². The molecule has 1 aromatic heterocycles. The molecule has 0 N–H and O–H groups in total. The van der Waals surface area contributed by atoms with Gasteiger partial charge in [0.25, 0.3) is 0 Å². The van der Waals surface area contributed by atoms with Gasteiger partial charge in [-0.3, -0.25) is 0 Å². The van der Waals surface area contributed by atoms with E-state index in [0.717, 1.165) is 22.3 Å². The Labute approximate surface area is 153 Å². The average molecular weight is 367 g/mol. The zero-order valence-corrected chi connectivity index (χ0v) is 15.7. The molecule has 5 heteroatoms. The lowest BCUT2D eigenvalue weighted by Gasteiger charge is -2.21. The summed E-state index contributed by atoms with van der Waals surface area (Å²) in [5.74, 6) is 1.69. The van der Waals surface area contributed by atoms with Gasteiger partial charge in [0.15, 0.2) is 0 Å². The summed E-state index contributed by atoms with van der Waals surface area (Å²) >= 11 is 0. The molecule has 26 heavy (non-hydrogen) atoms. The number of hydrogen-bond acceptors (Lipinski definition) is 3. The maximum atomic E-state index is 13.1. The standard InChI is InChI=1S/C21H21NO3S/c1-14-7-9-17(10-8-14)26(23,24)22-12-18-15(2)21(18,13-22)20-11-16-5-3-4-6-19(16)25-20/h3-11,15,18H,12-13H2,1-2H3/t15?,18-,21?/m1/s1. The van der Waals surface area contributed by atoms with Crippen molar-refractivity contribution in [3.63, 3.8) is 0 Å². The van der Waals surface area contributed by atoms with Gasteiger partial charge in [-0.2, -0.15) is 4.31 Å². The Morgan fingerprint density at radius 3 is 2.58 bits per heavy atom. The summed E-state index contributed by atoms with van der Waals surface area (Å²) in [7, 11) is -3.47. The molecule has 0 spiro atoms. The third-order valence-electron chi connectivity index (χ3n) is 6.35. The predicted octanol–water partition coefficient (Wildman–Crippen LogP) is 3.95. The van der Waals surface area contributed by atoms with Crippen LogP contribution in [0.25, 0.3) is 11.0 Å². The van der Waals surface area contributed by atoms with Crippen LogP contribution in [0, 0.1) is 18.8 Å². The molecule has 1 saturated heterocycles. The van der Waals surface area contributed by atoms with Crippen molar-refractivity contribution in [2.24, 2.45) is 11.8 Å². The highest BCUT2D eigenvalue weighted by atomic mass is 32.2. The van der Waals surface area contributed by atoms with E-state index in [1.165, 1.54) is 0 Å². The molecule has 0 radical (unpaired) electrons. The van der Waals surface area contributed by atoms with E-state index in [2.05, 4.69) is 13.0 Å². The second-order valence-corrected chi connectivity index (χ2v) is 9.63. The van der Waals surface area contributed by atoms with Gasteiger partial charge in [0, 0.05) is 23.9 Å². The van der Waals surface area contributed by atoms with Crippen LogP contribution in [-0.2, 0) is 15.4 Å². The summed E-state index contributed by atoms with van der Waals surface area (Å²) in [6.45, 7) is 5.22. The third-order valence-corrected chi connectivity index (χ3v) is 8.18. The number of hydrogen-bond donors (Lipinski definition) is 0. The molecule has 3 atom stereocenters. The van der Waals surface area contributed by atoms with Crippen LogP contribution < -0.4 is 0 Å². The van der Waals surface area contributed by atoms with Crippen LogP contribution >= 0.6 is 0 Å². The number of benzene rings is 2. The molecule has 3 aromatic rings. The molecule has 0 amide bonds. The second-order valence-electron chi connectivity index (χ2n) is 7.69. The molecule has 2 fully saturated rings. The number of para-hydroxylation sites is 1. The first-order chi connectivity index (χ1) is 12.4. The van der Waals surface area contributed by atoms with Crippen molar-refractivity contribution < 1.29 is 12.8 Å². The van der Waals surface area contributed by atoms with E-state index >= 15 is 0 Å². The fraction of sp³-hybridized carbons (Fsp3) is 0.333. The molecule has 2 aliphatic rings. The topological polar surface area (TPSA) is 50.5 Å². The van der Waals surface area contributed by atoms with E-state index in [1.54, 1.807) is 16.4 Å². The Bertz CT molecular complexity index is 1070. The van der Waals surface area contributed by atoms with Gasteiger partial charge in [0.2, 0.25) is 10.0 Å². The molecule has 134 valence electrons. The molecule has 1 aliphatic carbocycles. The van der Waals surface area contributed by atoms with E-state index in [9.17, 15) is 8.42 Å². The van der Waals surface area contributed by atoms with Gasteiger partial charge in [0.05, 0.1) is 4.90 Å². The van der Waals surface area contributed by atoms with Crippen LogP contribution in [0.4, 0.5) is 0 Å². The zero-order chi connectivity index (χ0) is 18.1. The lowest BCUT2D eigenvalue weighted by Crippen LogP contribution is -2.34. The molecule has 2 aromatic carbocycles. The van der Waals surface area contributed by atoms with Crippen LogP contribution in [-0.4, -0.2) is 25.8 Å². The Morgan fingerprint density at radius 2 is 1.85 bits per heavy atom. The van der Waals surface area contributed by atoms with Crippen molar-refractivity contribution in [1.29, 1.82) is 0 Å². The highest BCUT2D eigenvalue weighted by molar-refractivity contribution is 7.89. The van der Waals surface area contributed by atoms with Crippen LogP contribution in [0.2, 0.25) is 0 Å². The van der Waals surface area contributed by atoms with Crippen LogP contribution in [0.15, 0.2) is 63.9 Å². The molecule has 5 rings (SSSR count). The third kappa shape index (κ3) is 2.07. The zero-order valence-electron chi connectivity index (χ0n) is 14.8. The molecular formula is C21H21NO3S. The van der Waals surface area contributed by atoms with Crippen molar-refractivity contribution in [1.82, 2.24) is 4.31 Å². The lowest BCUT2D eigenvalue weighted by atomic mass is 10.0. The molecule has 1 saturated carbocycles. The van der Waals surface area contributed by atoms with Gasteiger partial charge in [-0.15, -0.1) is 0 Å². The highest BCUT2D eigenvalue weighted by Gasteiger charge is 2.70. The van der Waals surface area contributed by atoms with E-state index in [1.807, 2.05) is 43.3 Å². The summed E-state index contributed by atoms with van der Waals surface area (Å²) in [6, 6.07) is 17.2. The van der Waals surface area contributed by atoms with E-state index < -0.39 is 10.0 Å². The number of rotatable bonds is 3. The maximum absolute atomic E-state index is 13.1. The smallest absolute Gasteiger partial charge is 0.243 e. The molecule has 2 unspecified atom stereocenters. The van der Waals surface area contributed by atoms with Gasteiger partial charge in [-0.25, -0.2) is 8.42 Å². The predicted molar refractivity (Wildman–Crippen MR) is 100 cm³/mol. The first kappa shape index (κ1) is 16.1. The molecule has 2 heterocycles. The molecular weight excluding hydrogens is 346 g/mol. The molecule has 0 bridgehead atoms. The maximum Gasteiger partial charge on any atom is 0.243 e. The monoisotopic (exact) mass is 367 g/mol. The first-order valence-corrected chi connectivity index (χ1v) is 10.4. The summed E-state index contributed by atoms with van der Waals surface area (Å²) in [6.07, 6.45) is 0. The first-order valence-electron chi connectivity index (χ1n) is 8.99. The lowest BCUT2D eigenvalue weighted by molar-refractivity contribution is 0.382. The Kier molecular flexibility index (Phi) is 3.22. The van der Waals surface area contributed by atoms with Gasteiger partial charge in [-0.05, 0) is 43.0 Å². The van der Waals surface area contributed by atoms with E-state index in [-0.39, 0.29) is 5.41 Å². The number of sulfonamides is 1. The van der Waals surface area contributed by atoms with Gasteiger partial charge < -0.3 is 4.42 Å². The Morgan fingerprint density at radius 1 is 1.12 bits per heavy atom. The number of nitrogens with zero attached hydrogens (tertiary/aromatic N) is 1.